The maximum Gasteiger partial charge on any atom is 0.123 e. The zero-order valence-electron chi connectivity index (χ0n) is 13.6. The molecule has 0 radical (unpaired) electrons. The molecule has 0 heterocycles. The monoisotopic (exact) mass is 275 g/mol. The molecule has 112 valence electrons. The van der Waals surface area contributed by atoms with Crippen LogP contribution in [0.5, 0.6) is 5.75 Å². The molecule has 1 aliphatic rings. The van der Waals surface area contributed by atoms with Gasteiger partial charge in [-0.3, -0.25) is 0 Å². The second kappa shape index (κ2) is 6.17. The van der Waals surface area contributed by atoms with Crippen LogP contribution >= 0.6 is 0 Å². The average molecular weight is 275 g/mol. The summed E-state index contributed by atoms with van der Waals surface area (Å²) in [6.07, 6.45) is 5.25. The first-order valence-corrected chi connectivity index (χ1v) is 7.82. The summed E-state index contributed by atoms with van der Waals surface area (Å²) in [7, 11) is 1.75. The summed E-state index contributed by atoms with van der Waals surface area (Å²) in [6, 6.07) is 7.39. The smallest absolute Gasteiger partial charge is 0.123 e. The molecular weight excluding hydrogens is 246 g/mol. The predicted molar refractivity (Wildman–Crippen MR) is 85.3 cm³/mol. The lowest BCUT2D eigenvalue weighted by Gasteiger charge is -2.37. The summed E-state index contributed by atoms with van der Waals surface area (Å²) in [5, 5.41) is 3.81. The number of hydrogen-bond acceptors (Lipinski definition) is 2. The molecular formula is C18H29NO. The van der Waals surface area contributed by atoms with E-state index in [2.05, 4.69) is 51.2 Å². The molecule has 1 saturated carbocycles. The van der Waals surface area contributed by atoms with Gasteiger partial charge in [-0.25, -0.2) is 0 Å². The topological polar surface area (TPSA) is 21.3 Å². The van der Waals surface area contributed by atoms with Crippen molar-refractivity contribution in [3.8, 4) is 5.75 Å². The Kier molecular flexibility index (Phi) is 4.74. The molecule has 2 unspecified atom stereocenters. The Hall–Kier alpha value is -1.02. The van der Waals surface area contributed by atoms with E-state index in [1.54, 1.807) is 7.11 Å². The zero-order chi connectivity index (χ0) is 14.8. The van der Waals surface area contributed by atoms with Gasteiger partial charge in [0, 0.05) is 17.6 Å². The maximum atomic E-state index is 5.51. The number of benzene rings is 1. The van der Waals surface area contributed by atoms with Crippen molar-refractivity contribution < 1.29 is 4.74 Å². The van der Waals surface area contributed by atoms with Gasteiger partial charge in [0.1, 0.15) is 5.75 Å². The molecule has 0 spiro atoms. The molecule has 2 atom stereocenters. The van der Waals surface area contributed by atoms with E-state index in [4.69, 9.17) is 4.74 Å². The first kappa shape index (κ1) is 15.4. The highest BCUT2D eigenvalue weighted by Gasteiger charge is 2.29. The minimum Gasteiger partial charge on any atom is -0.496 e. The van der Waals surface area contributed by atoms with Crippen LogP contribution in [0.3, 0.4) is 0 Å². The largest absolute Gasteiger partial charge is 0.496 e. The third kappa shape index (κ3) is 3.76. The van der Waals surface area contributed by atoms with Crippen molar-refractivity contribution >= 4 is 0 Å². The summed E-state index contributed by atoms with van der Waals surface area (Å²) >= 11 is 0. The lowest BCUT2D eigenvalue weighted by molar-refractivity contribution is 0.190. The highest BCUT2D eigenvalue weighted by molar-refractivity contribution is 5.38. The van der Waals surface area contributed by atoms with Gasteiger partial charge >= 0.3 is 0 Å². The Morgan fingerprint density at radius 1 is 1.35 bits per heavy atom. The molecule has 2 nitrogen and oxygen atoms in total. The highest BCUT2D eigenvalue weighted by Crippen LogP contribution is 2.36. The van der Waals surface area contributed by atoms with Crippen molar-refractivity contribution in [2.75, 3.05) is 7.11 Å². The van der Waals surface area contributed by atoms with Crippen molar-refractivity contribution in [2.24, 2.45) is 5.41 Å². The van der Waals surface area contributed by atoms with Crippen molar-refractivity contribution in [1.29, 1.82) is 0 Å². The van der Waals surface area contributed by atoms with Gasteiger partial charge in [0.15, 0.2) is 0 Å². The third-order valence-corrected chi connectivity index (χ3v) is 4.54. The van der Waals surface area contributed by atoms with Crippen LogP contribution in [0.2, 0.25) is 0 Å². The first-order valence-electron chi connectivity index (χ1n) is 7.82. The summed E-state index contributed by atoms with van der Waals surface area (Å²) < 4.78 is 5.51. The molecule has 2 heteroatoms. The molecule has 20 heavy (non-hydrogen) atoms. The Balaban J connectivity index is 2.08. The number of nitrogens with one attached hydrogen (secondary N) is 1. The molecule has 1 aromatic rings. The molecule has 0 amide bonds. The number of ether oxygens (including phenoxy) is 1. The lowest BCUT2D eigenvalue weighted by atomic mass is 9.75. The molecule has 2 rings (SSSR count). The van der Waals surface area contributed by atoms with Crippen molar-refractivity contribution in [1.82, 2.24) is 5.32 Å². The summed E-state index contributed by atoms with van der Waals surface area (Å²) in [6.45, 7) is 9.16. The van der Waals surface area contributed by atoms with E-state index < -0.39 is 0 Å². The van der Waals surface area contributed by atoms with E-state index in [0.717, 1.165) is 5.75 Å². The Morgan fingerprint density at radius 2 is 2.10 bits per heavy atom. The zero-order valence-corrected chi connectivity index (χ0v) is 13.6. The van der Waals surface area contributed by atoms with Gasteiger partial charge in [-0.2, -0.15) is 0 Å². The van der Waals surface area contributed by atoms with Crippen LogP contribution in [0.25, 0.3) is 0 Å². The van der Waals surface area contributed by atoms with E-state index >= 15 is 0 Å². The SMILES string of the molecule is COc1ccc(C)cc1C(C)NC1CCCC(C)(C)C1. The quantitative estimate of drug-likeness (QED) is 0.865. The fourth-order valence-corrected chi connectivity index (χ4v) is 3.48. The summed E-state index contributed by atoms with van der Waals surface area (Å²) in [5.41, 5.74) is 3.04. The van der Waals surface area contributed by atoms with E-state index in [1.807, 2.05) is 0 Å². The van der Waals surface area contributed by atoms with Crippen LogP contribution in [0.15, 0.2) is 18.2 Å². The molecule has 1 fully saturated rings. The van der Waals surface area contributed by atoms with Crippen LogP contribution in [0.1, 0.15) is 63.6 Å². The normalized spacial score (nSPS) is 23.4. The fourth-order valence-electron chi connectivity index (χ4n) is 3.48. The minimum atomic E-state index is 0.337. The van der Waals surface area contributed by atoms with Crippen molar-refractivity contribution in [2.45, 2.75) is 65.5 Å². The maximum absolute atomic E-state index is 5.51. The van der Waals surface area contributed by atoms with E-state index in [-0.39, 0.29) is 0 Å². The average Bonchev–Trinajstić information content (AvgIpc) is 2.37. The van der Waals surface area contributed by atoms with Gasteiger partial charge in [-0.05, 0) is 44.6 Å². The molecule has 1 aliphatic carbocycles. The van der Waals surface area contributed by atoms with Crippen molar-refractivity contribution in [3.05, 3.63) is 29.3 Å². The van der Waals surface area contributed by atoms with Gasteiger partial charge in [-0.15, -0.1) is 0 Å². The molecule has 1 N–H and O–H groups in total. The Labute approximate surface area is 123 Å². The van der Waals surface area contributed by atoms with Gasteiger partial charge in [0.05, 0.1) is 7.11 Å². The summed E-state index contributed by atoms with van der Waals surface area (Å²) in [5.74, 6) is 0.991. The number of aryl methyl sites for hydroxylation is 1. The van der Waals surface area contributed by atoms with Crippen LogP contribution in [-0.4, -0.2) is 13.2 Å². The van der Waals surface area contributed by atoms with Crippen LogP contribution in [-0.2, 0) is 0 Å². The van der Waals surface area contributed by atoms with Crippen molar-refractivity contribution in [3.63, 3.8) is 0 Å². The highest BCUT2D eigenvalue weighted by atomic mass is 16.5. The Bertz CT molecular complexity index is 453. The molecule has 0 saturated heterocycles. The minimum absolute atomic E-state index is 0.337. The molecule has 0 aromatic heterocycles. The second-order valence-corrected chi connectivity index (χ2v) is 7.09. The van der Waals surface area contributed by atoms with Crippen LogP contribution in [0.4, 0.5) is 0 Å². The third-order valence-electron chi connectivity index (χ3n) is 4.54. The number of methoxy groups -OCH3 is 1. The van der Waals surface area contributed by atoms with E-state index in [1.165, 1.54) is 36.8 Å². The standard InChI is InChI=1S/C18H29NO/c1-13-8-9-17(20-5)16(11-13)14(2)19-15-7-6-10-18(3,4)12-15/h8-9,11,14-15,19H,6-7,10,12H2,1-5H3. The predicted octanol–water partition coefficient (Wildman–Crippen LogP) is 4.62. The van der Waals surface area contributed by atoms with Crippen LogP contribution in [0, 0.1) is 12.3 Å². The van der Waals surface area contributed by atoms with Gasteiger partial charge < -0.3 is 10.1 Å². The second-order valence-electron chi connectivity index (χ2n) is 7.09. The van der Waals surface area contributed by atoms with Crippen LogP contribution < -0.4 is 10.1 Å². The summed E-state index contributed by atoms with van der Waals surface area (Å²) in [4.78, 5) is 0. The van der Waals surface area contributed by atoms with Gasteiger partial charge in [0.2, 0.25) is 0 Å². The Morgan fingerprint density at radius 3 is 2.75 bits per heavy atom. The van der Waals surface area contributed by atoms with E-state index in [0.29, 0.717) is 17.5 Å². The van der Waals surface area contributed by atoms with Gasteiger partial charge in [-0.1, -0.05) is 38.0 Å². The number of hydrogen-bond donors (Lipinski definition) is 1. The molecule has 0 bridgehead atoms. The van der Waals surface area contributed by atoms with Gasteiger partial charge in [0.25, 0.3) is 0 Å². The van der Waals surface area contributed by atoms with E-state index in [9.17, 15) is 0 Å². The fraction of sp³-hybridized carbons (Fsp3) is 0.667. The molecule has 0 aliphatic heterocycles. The molecule has 1 aromatic carbocycles. The lowest BCUT2D eigenvalue weighted by Crippen LogP contribution is -2.38. The first-order chi connectivity index (χ1) is 9.41. The number of rotatable bonds is 4.